The van der Waals surface area contributed by atoms with Crippen molar-refractivity contribution in [2.24, 2.45) is 7.05 Å². The van der Waals surface area contributed by atoms with E-state index in [1.54, 1.807) is 11.0 Å². The quantitative estimate of drug-likeness (QED) is 0.799. The number of hydrogen-bond acceptors (Lipinski definition) is 2. The standard InChI is InChI=1S/C9H7BrClN3/c1-14-5-12-9(13-14)7-3-2-6(11)4-8(7)10/h2-5H,1H3. The molecule has 0 fully saturated rings. The molecule has 2 rings (SSSR count). The van der Waals surface area contributed by atoms with Gasteiger partial charge in [-0.3, -0.25) is 4.68 Å². The van der Waals surface area contributed by atoms with Crippen LogP contribution in [-0.2, 0) is 7.05 Å². The topological polar surface area (TPSA) is 30.7 Å². The van der Waals surface area contributed by atoms with E-state index in [-0.39, 0.29) is 0 Å². The van der Waals surface area contributed by atoms with Crippen LogP contribution < -0.4 is 0 Å². The monoisotopic (exact) mass is 271 g/mol. The minimum atomic E-state index is 0.691. The molecule has 0 spiro atoms. The Labute approximate surface area is 94.9 Å². The molecule has 0 aliphatic heterocycles. The molecule has 1 heterocycles. The second kappa shape index (κ2) is 3.71. The first-order valence-electron chi connectivity index (χ1n) is 3.98. The summed E-state index contributed by atoms with van der Waals surface area (Å²) >= 11 is 9.25. The summed E-state index contributed by atoms with van der Waals surface area (Å²) in [5.74, 6) is 0.691. The molecule has 0 saturated heterocycles. The summed E-state index contributed by atoms with van der Waals surface area (Å²) in [6.45, 7) is 0. The van der Waals surface area contributed by atoms with Gasteiger partial charge in [-0.25, -0.2) is 4.98 Å². The molecule has 2 aromatic rings. The average Bonchev–Trinajstić information content (AvgIpc) is 2.51. The fraction of sp³-hybridized carbons (Fsp3) is 0.111. The summed E-state index contributed by atoms with van der Waals surface area (Å²) < 4.78 is 2.56. The van der Waals surface area contributed by atoms with Gasteiger partial charge in [0.05, 0.1) is 0 Å². The summed E-state index contributed by atoms with van der Waals surface area (Å²) in [6.07, 6.45) is 1.66. The Morgan fingerprint density at radius 2 is 2.21 bits per heavy atom. The minimum absolute atomic E-state index is 0.691. The first-order valence-corrected chi connectivity index (χ1v) is 5.15. The molecule has 0 aliphatic rings. The number of hydrogen-bond donors (Lipinski definition) is 0. The lowest BCUT2D eigenvalue weighted by atomic mass is 10.2. The Kier molecular flexibility index (Phi) is 2.56. The smallest absolute Gasteiger partial charge is 0.182 e. The molecule has 3 nitrogen and oxygen atoms in total. The maximum Gasteiger partial charge on any atom is 0.182 e. The lowest BCUT2D eigenvalue weighted by Gasteiger charge is -1.99. The second-order valence-corrected chi connectivity index (χ2v) is 4.16. The third-order valence-corrected chi connectivity index (χ3v) is 2.66. The number of rotatable bonds is 1. The van der Waals surface area contributed by atoms with Gasteiger partial charge in [0, 0.05) is 22.1 Å². The molecule has 0 saturated carbocycles. The molecule has 0 aliphatic carbocycles. The predicted molar refractivity (Wildman–Crippen MR) is 59.1 cm³/mol. The number of benzene rings is 1. The highest BCUT2D eigenvalue weighted by atomic mass is 79.9. The van der Waals surface area contributed by atoms with Gasteiger partial charge in [0.25, 0.3) is 0 Å². The van der Waals surface area contributed by atoms with Crippen LogP contribution in [0.3, 0.4) is 0 Å². The highest BCUT2D eigenvalue weighted by molar-refractivity contribution is 9.10. The predicted octanol–water partition coefficient (Wildman–Crippen LogP) is 2.90. The van der Waals surface area contributed by atoms with Crippen molar-refractivity contribution in [3.63, 3.8) is 0 Å². The molecule has 72 valence electrons. The van der Waals surface area contributed by atoms with Gasteiger partial charge < -0.3 is 0 Å². The second-order valence-electron chi connectivity index (χ2n) is 2.87. The van der Waals surface area contributed by atoms with Crippen molar-refractivity contribution >= 4 is 27.5 Å². The van der Waals surface area contributed by atoms with E-state index in [0.29, 0.717) is 10.8 Å². The van der Waals surface area contributed by atoms with Crippen LogP contribution in [0.4, 0.5) is 0 Å². The van der Waals surface area contributed by atoms with Crippen LogP contribution in [0.1, 0.15) is 0 Å². The third kappa shape index (κ3) is 1.81. The van der Waals surface area contributed by atoms with Gasteiger partial charge in [0.2, 0.25) is 0 Å². The van der Waals surface area contributed by atoms with Crippen molar-refractivity contribution < 1.29 is 0 Å². The zero-order valence-electron chi connectivity index (χ0n) is 7.41. The van der Waals surface area contributed by atoms with Gasteiger partial charge >= 0.3 is 0 Å². The van der Waals surface area contributed by atoms with Crippen molar-refractivity contribution in [3.8, 4) is 11.4 Å². The maximum atomic E-state index is 5.83. The Hall–Kier alpha value is -0.870. The van der Waals surface area contributed by atoms with E-state index in [9.17, 15) is 0 Å². The SMILES string of the molecule is Cn1cnc(-c2ccc(Cl)cc2Br)n1. The molecule has 0 N–H and O–H groups in total. The highest BCUT2D eigenvalue weighted by Crippen LogP contribution is 2.27. The van der Waals surface area contributed by atoms with Crippen LogP contribution in [0.5, 0.6) is 0 Å². The maximum absolute atomic E-state index is 5.83. The van der Waals surface area contributed by atoms with Crippen LogP contribution in [-0.4, -0.2) is 14.8 Å². The average molecular weight is 273 g/mol. The fourth-order valence-corrected chi connectivity index (χ4v) is 1.99. The van der Waals surface area contributed by atoms with Crippen LogP contribution in [0, 0.1) is 0 Å². The molecule has 0 radical (unpaired) electrons. The van der Waals surface area contributed by atoms with Crippen LogP contribution in [0.25, 0.3) is 11.4 Å². The van der Waals surface area contributed by atoms with E-state index in [1.165, 1.54) is 0 Å². The summed E-state index contributed by atoms with van der Waals surface area (Å²) in [4.78, 5) is 4.16. The Morgan fingerprint density at radius 1 is 1.43 bits per heavy atom. The summed E-state index contributed by atoms with van der Waals surface area (Å²) in [5.41, 5.74) is 0.940. The summed E-state index contributed by atoms with van der Waals surface area (Å²) in [6, 6.07) is 5.53. The van der Waals surface area contributed by atoms with Gasteiger partial charge in [-0.1, -0.05) is 11.6 Å². The van der Waals surface area contributed by atoms with E-state index in [4.69, 9.17) is 11.6 Å². The molecule has 0 unspecified atom stereocenters. The number of aromatic nitrogens is 3. The van der Waals surface area contributed by atoms with Crippen molar-refractivity contribution in [2.75, 3.05) is 0 Å². The zero-order valence-corrected chi connectivity index (χ0v) is 9.75. The summed E-state index contributed by atoms with van der Waals surface area (Å²) in [7, 11) is 1.83. The van der Waals surface area contributed by atoms with Crippen molar-refractivity contribution in [1.29, 1.82) is 0 Å². The first kappa shape index (κ1) is 9.68. The Morgan fingerprint density at radius 3 is 2.79 bits per heavy atom. The van der Waals surface area contributed by atoms with Crippen LogP contribution in [0.2, 0.25) is 5.02 Å². The Bertz CT molecular complexity index is 467. The number of nitrogens with zero attached hydrogens (tertiary/aromatic N) is 3. The largest absolute Gasteiger partial charge is 0.255 e. The lowest BCUT2D eigenvalue weighted by Crippen LogP contribution is -1.88. The lowest BCUT2D eigenvalue weighted by molar-refractivity contribution is 0.768. The number of halogens is 2. The number of aryl methyl sites for hydroxylation is 1. The fourth-order valence-electron chi connectivity index (χ4n) is 1.13. The molecule has 14 heavy (non-hydrogen) atoms. The molecule has 0 amide bonds. The molecule has 1 aromatic carbocycles. The van der Waals surface area contributed by atoms with E-state index in [0.717, 1.165) is 10.0 Å². The van der Waals surface area contributed by atoms with Gasteiger partial charge in [0.1, 0.15) is 6.33 Å². The normalized spacial score (nSPS) is 10.5. The molecular formula is C9H7BrClN3. The van der Waals surface area contributed by atoms with Gasteiger partial charge in [-0.05, 0) is 34.1 Å². The molecule has 0 atom stereocenters. The van der Waals surface area contributed by atoms with E-state index < -0.39 is 0 Å². The van der Waals surface area contributed by atoms with Crippen molar-refractivity contribution in [3.05, 3.63) is 34.0 Å². The molecular weight excluding hydrogens is 265 g/mol. The molecule has 0 bridgehead atoms. The van der Waals surface area contributed by atoms with Gasteiger partial charge in [0.15, 0.2) is 5.82 Å². The first-order chi connectivity index (χ1) is 6.66. The minimum Gasteiger partial charge on any atom is -0.255 e. The van der Waals surface area contributed by atoms with Gasteiger partial charge in [-0.15, -0.1) is 0 Å². The van der Waals surface area contributed by atoms with Crippen molar-refractivity contribution in [2.45, 2.75) is 0 Å². The van der Waals surface area contributed by atoms with E-state index in [1.807, 2.05) is 25.2 Å². The van der Waals surface area contributed by atoms with Crippen LogP contribution in [0.15, 0.2) is 29.0 Å². The van der Waals surface area contributed by atoms with Crippen LogP contribution >= 0.6 is 27.5 Å². The summed E-state index contributed by atoms with van der Waals surface area (Å²) in [5, 5.41) is 4.90. The molecule has 1 aromatic heterocycles. The molecule has 5 heteroatoms. The van der Waals surface area contributed by atoms with E-state index in [2.05, 4.69) is 26.0 Å². The van der Waals surface area contributed by atoms with Gasteiger partial charge in [-0.2, -0.15) is 5.10 Å². The van der Waals surface area contributed by atoms with Crippen molar-refractivity contribution in [1.82, 2.24) is 14.8 Å². The zero-order chi connectivity index (χ0) is 10.1. The van der Waals surface area contributed by atoms with E-state index >= 15 is 0 Å². The Balaban J connectivity index is 2.52. The highest BCUT2D eigenvalue weighted by Gasteiger charge is 2.07. The third-order valence-electron chi connectivity index (χ3n) is 1.77.